The molecular formula is C16H24N4O. The average Bonchev–Trinajstić information content (AvgIpc) is 2.81. The number of benzene rings is 1. The number of hydrogen-bond donors (Lipinski definition) is 2. The largest absolute Gasteiger partial charge is 0.353 e. The van der Waals surface area contributed by atoms with Gasteiger partial charge in [0.2, 0.25) is 5.91 Å². The van der Waals surface area contributed by atoms with Gasteiger partial charge in [-0.2, -0.15) is 0 Å². The summed E-state index contributed by atoms with van der Waals surface area (Å²) in [5.41, 5.74) is 2.11. The van der Waals surface area contributed by atoms with Crippen molar-refractivity contribution in [2.45, 2.75) is 39.8 Å². The SMILES string of the molecule is CCC(C)NCC(=O)NCCn1c(C)nc2ccccc21. The molecule has 0 fully saturated rings. The normalized spacial score (nSPS) is 12.5. The fourth-order valence-corrected chi connectivity index (χ4v) is 2.26. The summed E-state index contributed by atoms with van der Waals surface area (Å²) in [5.74, 6) is 1.01. The first kappa shape index (κ1) is 15.5. The van der Waals surface area contributed by atoms with E-state index >= 15 is 0 Å². The van der Waals surface area contributed by atoms with Crippen molar-refractivity contribution in [3.05, 3.63) is 30.1 Å². The van der Waals surface area contributed by atoms with E-state index in [1.54, 1.807) is 0 Å². The number of rotatable bonds is 7. The Morgan fingerprint density at radius 2 is 2.14 bits per heavy atom. The van der Waals surface area contributed by atoms with Crippen LogP contribution in [0.5, 0.6) is 0 Å². The van der Waals surface area contributed by atoms with Crippen LogP contribution in [0.3, 0.4) is 0 Å². The maximum absolute atomic E-state index is 11.7. The molecular weight excluding hydrogens is 264 g/mol. The highest BCUT2D eigenvalue weighted by Crippen LogP contribution is 2.14. The van der Waals surface area contributed by atoms with E-state index in [-0.39, 0.29) is 5.91 Å². The summed E-state index contributed by atoms with van der Waals surface area (Å²) in [6, 6.07) is 8.43. The molecule has 0 saturated heterocycles. The predicted octanol–water partition coefficient (Wildman–Crippen LogP) is 1.85. The van der Waals surface area contributed by atoms with Crippen LogP contribution in [0.25, 0.3) is 11.0 Å². The van der Waals surface area contributed by atoms with E-state index in [0.29, 0.717) is 19.1 Å². The van der Waals surface area contributed by atoms with Crippen molar-refractivity contribution < 1.29 is 4.79 Å². The van der Waals surface area contributed by atoms with Gasteiger partial charge in [0.15, 0.2) is 0 Å². The molecule has 0 saturated carbocycles. The molecule has 1 amide bonds. The van der Waals surface area contributed by atoms with Crippen LogP contribution in [0, 0.1) is 6.92 Å². The predicted molar refractivity (Wildman–Crippen MR) is 85.2 cm³/mol. The topological polar surface area (TPSA) is 59.0 Å². The van der Waals surface area contributed by atoms with Crippen LogP contribution < -0.4 is 10.6 Å². The third-order valence-corrected chi connectivity index (χ3v) is 3.73. The second kappa shape index (κ2) is 7.22. The Morgan fingerprint density at radius 1 is 1.38 bits per heavy atom. The molecule has 2 rings (SSSR count). The highest BCUT2D eigenvalue weighted by Gasteiger charge is 2.07. The third kappa shape index (κ3) is 4.04. The van der Waals surface area contributed by atoms with Crippen molar-refractivity contribution >= 4 is 16.9 Å². The Hall–Kier alpha value is -1.88. The smallest absolute Gasteiger partial charge is 0.234 e. The number of imidazole rings is 1. The number of aromatic nitrogens is 2. The lowest BCUT2D eigenvalue weighted by atomic mass is 10.2. The Balaban J connectivity index is 1.85. The number of nitrogens with one attached hydrogen (secondary N) is 2. The molecule has 5 nitrogen and oxygen atoms in total. The van der Waals surface area contributed by atoms with Crippen molar-refractivity contribution in [2.75, 3.05) is 13.1 Å². The van der Waals surface area contributed by atoms with Crippen LogP contribution in [0.4, 0.5) is 0 Å². The number of fused-ring (bicyclic) bond motifs is 1. The van der Waals surface area contributed by atoms with Gasteiger partial charge in [-0.15, -0.1) is 0 Å². The number of para-hydroxylation sites is 2. The molecule has 0 radical (unpaired) electrons. The lowest BCUT2D eigenvalue weighted by Crippen LogP contribution is -2.38. The average molecular weight is 288 g/mol. The van der Waals surface area contributed by atoms with Crippen LogP contribution in [-0.4, -0.2) is 34.6 Å². The number of amides is 1. The van der Waals surface area contributed by atoms with Gasteiger partial charge in [0, 0.05) is 19.1 Å². The molecule has 21 heavy (non-hydrogen) atoms. The molecule has 2 aromatic rings. The minimum atomic E-state index is 0.0392. The van der Waals surface area contributed by atoms with E-state index in [1.807, 2.05) is 25.1 Å². The van der Waals surface area contributed by atoms with E-state index in [2.05, 4.69) is 40.1 Å². The van der Waals surface area contributed by atoms with Gasteiger partial charge in [0.25, 0.3) is 0 Å². The van der Waals surface area contributed by atoms with Gasteiger partial charge in [0.05, 0.1) is 17.6 Å². The van der Waals surface area contributed by atoms with Crippen molar-refractivity contribution in [3.63, 3.8) is 0 Å². The molecule has 2 N–H and O–H groups in total. The summed E-state index contributed by atoms with van der Waals surface area (Å²) in [7, 11) is 0. The van der Waals surface area contributed by atoms with E-state index in [1.165, 1.54) is 0 Å². The van der Waals surface area contributed by atoms with Crippen LogP contribution in [0.2, 0.25) is 0 Å². The first-order chi connectivity index (χ1) is 10.1. The summed E-state index contributed by atoms with van der Waals surface area (Å²) in [6.45, 7) is 7.89. The Bertz CT molecular complexity index is 605. The van der Waals surface area contributed by atoms with Gasteiger partial charge in [-0.25, -0.2) is 4.98 Å². The van der Waals surface area contributed by atoms with E-state index in [0.717, 1.165) is 29.8 Å². The highest BCUT2D eigenvalue weighted by molar-refractivity contribution is 5.78. The quantitative estimate of drug-likeness (QED) is 0.817. The highest BCUT2D eigenvalue weighted by atomic mass is 16.1. The molecule has 0 aliphatic carbocycles. The van der Waals surface area contributed by atoms with Crippen LogP contribution in [0.15, 0.2) is 24.3 Å². The number of aryl methyl sites for hydroxylation is 1. The molecule has 1 atom stereocenters. The molecule has 5 heteroatoms. The van der Waals surface area contributed by atoms with Crippen LogP contribution in [0.1, 0.15) is 26.1 Å². The van der Waals surface area contributed by atoms with Gasteiger partial charge in [0.1, 0.15) is 5.82 Å². The van der Waals surface area contributed by atoms with Crippen LogP contribution >= 0.6 is 0 Å². The zero-order valence-corrected chi connectivity index (χ0v) is 13.0. The fraction of sp³-hybridized carbons (Fsp3) is 0.500. The molecule has 0 bridgehead atoms. The monoisotopic (exact) mass is 288 g/mol. The van der Waals surface area contributed by atoms with E-state index < -0.39 is 0 Å². The number of carbonyl (C=O) groups is 1. The lowest BCUT2D eigenvalue weighted by Gasteiger charge is -2.12. The van der Waals surface area contributed by atoms with Gasteiger partial charge >= 0.3 is 0 Å². The number of carbonyl (C=O) groups excluding carboxylic acids is 1. The van der Waals surface area contributed by atoms with Crippen molar-refractivity contribution in [1.29, 1.82) is 0 Å². The molecule has 1 unspecified atom stereocenters. The number of nitrogens with zero attached hydrogens (tertiary/aromatic N) is 2. The van der Waals surface area contributed by atoms with Gasteiger partial charge in [-0.3, -0.25) is 4.79 Å². The van der Waals surface area contributed by atoms with Crippen molar-refractivity contribution in [2.24, 2.45) is 0 Å². The molecule has 0 aliphatic heterocycles. The second-order valence-corrected chi connectivity index (χ2v) is 5.34. The lowest BCUT2D eigenvalue weighted by molar-refractivity contribution is -0.120. The Kier molecular flexibility index (Phi) is 5.33. The molecule has 1 aromatic carbocycles. The summed E-state index contributed by atoms with van der Waals surface area (Å²) in [6.07, 6.45) is 1.02. The Morgan fingerprint density at radius 3 is 2.90 bits per heavy atom. The minimum absolute atomic E-state index is 0.0392. The van der Waals surface area contributed by atoms with Gasteiger partial charge in [-0.05, 0) is 32.4 Å². The molecule has 114 valence electrons. The molecule has 1 heterocycles. The third-order valence-electron chi connectivity index (χ3n) is 3.73. The minimum Gasteiger partial charge on any atom is -0.353 e. The van der Waals surface area contributed by atoms with Crippen molar-refractivity contribution in [3.8, 4) is 0 Å². The first-order valence-electron chi connectivity index (χ1n) is 7.53. The molecule has 1 aromatic heterocycles. The zero-order valence-electron chi connectivity index (χ0n) is 13.0. The summed E-state index contributed by atoms with van der Waals surface area (Å²) < 4.78 is 2.14. The summed E-state index contributed by atoms with van der Waals surface area (Å²) in [4.78, 5) is 16.3. The van der Waals surface area contributed by atoms with Gasteiger partial charge < -0.3 is 15.2 Å². The maximum Gasteiger partial charge on any atom is 0.234 e. The standard InChI is InChI=1S/C16H24N4O/c1-4-12(2)18-11-16(21)17-9-10-20-13(3)19-14-7-5-6-8-15(14)20/h5-8,12,18H,4,9-11H2,1-3H3,(H,17,21). The number of hydrogen-bond acceptors (Lipinski definition) is 3. The van der Waals surface area contributed by atoms with Gasteiger partial charge in [-0.1, -0.05) is 19.1 Å². The first-order valence-corrected chi connectivity index (χ1v) is 7.53. The van der Waals surface area contributed by atoms with Crippen LogP contribution in [-0.2, 0) is 11.3 Å². The Labute approximate surface area is 125 Å². The second-order valence-electron chi connectivity index (χ2n) is 5.34. The van der Waals surface area contributed by atoms with E-state index in [4.69, 9.17) is 0 Å². The molecule has 0 spiro atoms. The molecule has 0 aliphatic rings. The summed E-state index contributed by atoms with van der Waals surface area (Å²) >= 11 is 0. The van der Waals surface area contributed by atoms with Crippen molar-refractivity contribution in [1.82, 2.24) is 20.2 Å². The maximum atomic E-state index is 11.7. The zero-order chi connectivity index (χ0) is 15.2. The fourth-order valence-electron chi connectivity index (χ4n) is 2.26. The van der Waals surface area contributed by atoms with E-state index in [9.17, 15) is 4.79 Å². The summed E-state index contributed by atoms with van der Waals surface area (Å²) in [5, 5.41) is 6.13.